The van der Waals surface area contributed by atoms with Crippen molar-refractivity contribution in [3.8, 4) is 5.75 Å². The molecule has 2 aliphatic rings. The zero-order valence-corrected chi connectivity index (χ0v) is 24.9. The Morgan fingerprint density at radius 1 is 1.02 bits per heavy atom. The van der Waals surface area contributed by atoms with Crippen molar-refractivity contribution in [2.24, 2.45) is 5.92 Å². The molecule has 4 heterocycles. The van der Waals surface area contributed by atoms with E-state index in [4.69, 9.17) is 4.74 Å². The van der Waals surface area contributed by atoms with Crippen molar-refractivity contribution in [3.63, 3.8) is 0 Å². The quantitative estimate of drug-likeness (QED) is 0.295. The van der Waals surface area contributed by atoms with Gasteiger partial charge in [-0.25, -0.2) is 9.18 Å². The van der Waals surface area contributed by atoms with E-state index < -0.39 is 0 Å². The largest absolute Gasteiger partial charge is 0.614 e. The molecule has 2 fully saturated rings. The molecule has 11 heteroatoms. The second-order valence-corrected chi connectivity index (χ2v) is 11.7. The summed E-state index contributed by atoms with van der Waals surface area (Å²) in [5.74, 6) is 0.888. The van der Waals surface area contributed by atoms with E-state index in [0.29, 0.717) is 31.2 Å². The van der Waals surface area contributed by atoms with Crippen LogP contribution in [-0.2, 0) is 11.3 Å². The van der Waals surface area contributed by atoms with Crippen LogP contribution in [0.4, 0.5) is 10.2 Å². The van der Waals surface area contributed by atoms with Crippen molar-refractivity contribution < 1.29 is 19.0 Å². The third-order valence-electron chi connectivity index (χ3n) is 9.22. The Labute approximate surface area is 255 Å². The number of piperidine rings is 2. The maximum atomic E-state index is 13.7. The molecule has 0 radical (unpaired) electrons. The molecule has 2 aromatic carbocycles. The van der Waals surface area contributed by atoms with Crippen LogP contribution in [0.3, 0.4) is 0 Å². The van der Waals surface area contributed by atoms with Crippen LogP contribution in [-0.4, -0.2) is 62.6 Å². The molecule has 2 saturated heterocycles. The molecule has 10 nitrogen and oxygen atoms in total. The average Bonchev–Trinajstić information content (AvgIpc) is 3.35. The zero-order chi connectivity index (χ0) is 30.6. The first kappa shape index (κ1) is 29.7. The lowest BCUT2D eigenvalue weighted by atomic mass is 9.92. The molecule has 0 bridgehead atoms. The summed E-state index contributed by atoms with van der Waals surface area (Å²) in [6.07, 6.45) is 4.76. The molecule has 1 amide bonds. The number of hydrogen-bond acceptors (Lipinski definition) is 5. The van der Waals surface area contributed by atoms with Gasteiger partial charge in [0, 0.05) is 37.2 Å². The number of amides is 1. The first-order valence-corrected chi connectivity index (χ1v) is 15.4. The standard InChI is InChI=1S/C33H38FN7O3/c1-23(25-10-15-36-31(22-25)37-35)38-16-11-24(12-17-38)32(42)39-18-13-27(14-19-39)41-30-5-3-2-4-29(30)40(33(41)43)20-21-44-28-8-6-26(34)7-9-28/h2-10,15,22-24,27,37H,11-14,16-21H2,1H3. The minimum absolute atomic E-state index is 0.00727. The van der Waals surface area contributed by atoms with Crippen molar-refractivity contribution in [2.75, 3.05) is 32.8 Å². The summed E-state index contributed by atoms with van der Waals surface area (Å²) in [6, 6.07) is 17.6. The fourth-order valence-corrected chi connectivity index (χ4v) is 6.70. The first-order chi connectivity index (χ1) is 21.4. The first-order valence-electron chi connectivity index (χ1n) is 15.4. The number of pyridine rings is 1. The summed E-state index contributed by atoms with van der Waals surface area (Å²) < 4.78 is 22.6. The second-order valence-electron chi connectivity index (χ2n) is 11.7. The molecule has 0 spiro atoms. The molecule has 0 aliphatic carbocycles. The van der Waals surface area contributed by atoms with E-state index in [1.165, 1.54) is 12.1 Å². The molecule has 2 aliphatic heterocycles. The zero-order valence-electron chi connectivity index (χ0n) is 24.9. The number of carbonyl (C=O) groups excluding carboxylic acids is 1. The lowest BCUT2D eigenvalue weighted by Gasteiger charge is -2.39. The molecule has 44 heavy (non-hydrogen) atoms. The highest BCUT2D eigenvalue weighted by molar-refractivity contribution is 5.79. The summed E-state index contributed by atoms with van der Waals surface area (Å²) in [6.45, 7) is 5.73. The number of para-hydroxylation sites is 2. The van der Waals surface area contributed by atoms with Gasteiger partial charge in [-0.05, 0) is 93.7 Å². The molecule has 1 atom stereocenters. The van der Waals surface area contributed by atoms with E-state index >= 15 is 0 Å². The topological polar surface area (TPSA) is 109 Å². The van der Waals surface area contributed by atoms with Crippen molar-refractivity contribution in [1.82, 2.24) is 23.9 Å². The van der Waals surface area contributed by atoms with Crippen molar-refractivity contribution in [3.05, 3.63) is 94.3 Å². The fourth-order valence-electron chi connectivity index (χ4n) is 6.70. The van der Waals surface area contributed by atoms with Crippen molar-refractivity contribution in [1.29, 1.82) is 0 Å². The number of benzene rings is 2. The van der Waals surface area contributed by atoms with Gasteiger partial charge in [-0.1, -0.05) is 17.1 Å². The van der Waals surface area contributed by atoms with Gasteiger partial charge in [-0.3, -0.25) is 18.8 Å². The minimum atomic E-state index is -0.321. The maximum absolute atomic E-state index is 13.7. The SMILES string of the molecule is CC(c1ccnc([NH+]=[N-])c1)N1CCC(C(=O)N2CCC(n3c(=O)n(CCOc4ccc(F)cc4)c4ccccc43)CC2)CC1. The number of ether oxygens (including phenoxy) is 1. The van der Waals surface area contributed by atoms with Crippen LogP contribution in [0.15, 0.2) is 71.7 Å². The Morgan fingerprint density at radius 3 is 2.43 bits per heavy atom. The Bertz CT molecular complexity index is 1670. The van der Waals surface area contributed by atoms with Crippen LogP contribution >= 0.6 is 0 Å². The highest BCUT2D eigenvalue weighted by atomic mass is 19.1. The van der Waals surface area contributed by atoms with Gasteiger partial charge in [0.1, 0.15) is 24.4 Å². The number of nitrogens with zero attached hydrogens (tertiary/aromatic N) is 6. The predicted octanol–water partition coefficient (Wildman–Crippen LogP) is 3.79. The van der Waals surface area contributed by atoms with Crippen LogP contribution in [0.2, 0.25) is 0 Å². The summed E-state index contributed by atoms with van der Waals surface area (Å²) >= 11 is 0. The van der Waals surface area contributed by atoms with Crippen LogP contribution in [0.5, 0.6) is 5.75 Å². The molecule has 230 valence electrons. The number of hydrogen-bond donors (Lipinski definition) is 1. The number of imidazole rings is 1. The maximum Gasteiger partial charge on any atom is 0.329 e. The smallest absolute Gasteiger partial charge is 0.329 e. The molecular formula is C33H38FN7O3. The number of rotatable bonds is 9. The van der Waals surface area contributed by atoms with Crippen LogP contribution in [0.1, 0.15) is 50.3 Å². The molecule has 1 N–H and O–H groups in total. The Hall–Kier alpha value is -4.38. The molecular weight excluding hydrogens is 561 g/mol. The molecule has 0 saturated carbocycles. The Morgan fingerprint density at radius 2 is 1.73 bits per heavy atom. The number of likely N-dealkylation sites (tertiary alicyclic amines) is 2. The van der Waals surface area contributed by atoms with Crippen molar-refractivity contribution >= 4 is 22.8 Å². The lowest BCUT2D eigenvalue weighted by molar-refractivity contribution is -0.384. The number of halogens is 1. The van der Waals surface area contributed by atoms with E-state index in [9.17, 15) is 19.5 Å². The summed E-state index contributed by atoms with van der Waals surface area (Å²) in [4.78, 5) is 35.6. The van der Waals surface area contributed by atoms with Gasteiger partial charge in [0.15, 0.2) is 0 Å². The van der Waals surface area contributed by atoms with E-state index in [0.717, 1.165) is 55.4 Å². The summed E-state index contributed by atoms with van der Waals surface area (Å²) in [5, 5.41) is 2.11. The van der Waals surface area contributed by atoms with Gasteiger partial charge in [-0.15, -0.1) is 0 Å². The highest BCUT2D eigenvalue weighted by Gasteiger charge is 2.33. The van der Waals surface area contributed by atoms with Gasteiger partial charge in [0.2, 0.25) is 5.91 Å². The molecule has 2 aromatic heterocycles. The Kier molecular flexibility index (Phi) is 8.83. The number of aromatic nitrogens is 3. The fraction of sp³-hybridized carbons (Fsp3) is 0.424. The van der Waals surface area contributed by atoms with E-state index in [-0.39, 0.29) is 42.0 Å². The van der Waals surface area contributed by atoms with Crippen molar-refractivity contribution in [2.45, 2.75) is 51.2 Å². The van der Waals surface area contributed by atoms with Crippen LogP contribution in [0.25, 0.3) is 16.6 Å². The van der Waals surface area contributed by atoms with E-state index in [2.05, 4.69) is 21.9 Å². The number of nitrogens with one attached hydrogen (secondary N) is 1. The average molecular weight is 600 g/mol. The molecule has 1 unspecified atom stereocenters. The van der Waals surface area contributed by atoms with Crippen LogP contribution in [0, 0.1) is 11.7 Å². The summed E-state index contributed by atoms with van der Waals surface area (Å²) in [5.41, 5.74) is 11.9. The number of fused-ring (bicyclic) bond motifs is 1. The van der Waals surface area contributed by atoms with Gasteiger partial charge < -0.3 is 20.3 Å². The normalized spacial score (nSPS) is 17.5. The minimum Gasteiger partial charge on any atom is -0.614 e. The van der Waals surface area contributed by atoms with E-state index in [1.54, 1.807) is 22.9 Å². The highest BCUT2D eigenvalue weighted by Crippen LogP contribution is 2.31. The van der Waals surface area contributed by atoms with Gasteiger partial charge in [0.05, 0.1) is 17.6 Å². The second kappa shape index (κ2) is 13.1. The molecule has 4 aromatic rings. The lowest BCUT2D eigenvalue weighted by Crippen LogP contribution is -2.55. The third-order valence-corrected chi connectivity index (χ3v) is 9.22. The van der Waals surface area contributed by atoms with E-state index in [1.807, 2.05) is 45.9 Å². The van der Waals surface area contributed by atoms with Crippen LogP contribution < -0.4 is 15.5 Å². The van der Waals surface area contributed by atoms with Gasteiger partial charge in [-0.2, -0.15) is 0 Å². The summed E-state index contributed by atoms with van der Waals surface area (Å²) in [7, 11) is 0. The van der Waals surface area contributed by atoms with Gasteiger partial charge in [0.25, 0.3) is 0 Å². The number of carbonyl (C=O) groups is 1. The third kappa shape index (κ3) is 6.14. The predicted molar refractivity (Wildman–Crippen MR) is 164 cm³/mol. The Balaban J connectivity index is 1.05. The van der Waals surface area contributed by atoms with Gasteiger partial charge >= 0.3 is 11.5 Å². The molecule has 6 rings (SSSR count). The monoisotopic (exact) mass is 599 g/mol.